The van der Waals surface area contributed by atoms with E-state index in [0.717, 1.165) is 10.6 Å². The minimum Gasteiger partial charge on any atom is -0.301 e. The van der Waals surface area contributed by atoms with Crippen molar-refractivity contribution in [2.24, 2.45) is 0 Å². The Bertz CT molecular complexity index is 985. The number of hydrogen-bond donors (Lipinski definition) is 2. The molecule has 0 fully saturated rings. The second-order valence-corrected chi connectivity index (χ2v) is 8.49. The quantitative estimate of drug-likeness (QED) is 0.484. The van der Waals surface area contributed by atoms with E-state index in [1.54, 1.807) is 6.92 Å². The molecule has 2 heterocycles. The van der Waals surface area contributed by atoms with Gasteiger partial charge >= 0.3 is 0 Å². The van der Waals surface area contributed by atoms with E-state index in [0.29, 0.717) is 16.0 Å². The number of nitrogens with zero attached hydrogens (tertiary/aromatic N) is 3. The number of anilines is 1. The van der Waals surface area contributed by atoms with E-state index in [1.807, 2.05) is 44.2 Å². The van der Waals surface area contributed by atoms with Crippen molar-refractivity contribution in [1.82, 2.24) is 20.2 Å². The molecule has 0 aliphatic carbocycles. The Balaban J connectivity index is 1.71. The van der Waals surface area contributed by atoms with Gasteiger partial charge in [0.05, 0.1) is 10.9 Å². The molecular formula is C18H19N5O2S2. The van der Waals surface area contributed by atoms with Gasteiger partial charge in [0.1, 0.15) is 5.01 Å². The lowest BCUT2D eigenvalue weighted by Crippen LogP contribution is -2.23. The number of rotatable bonds is 6. The molecular weight excluding hydrogens is 382 g/mol. The lowest BCUT2D eigenvalue weighted by Gasteiger charge is -2.10. The standard InChI is InChI=1S/C18H19N5O2S2/c1-10(2)16-22-23-18(27-16)21-15(25)11(3)26-17-19-13(9-14(24)20-17)12-7-5-4-6-8-12/h4-11H,1-3H3,(H,19,20,24)(H,21,23,25)/t11-/m0/s1. The SMILES string of the molecule is CC(C)c1nnc(NC(=O)[C@H](C)Sc2nc(-c3ccccc3)cc(=O)[nH]2)s1. The molecule has 1 amide bonds. The fourth-order valence-electron chi connectivity index (χ4n) is 2.19. The molecule has 0 spiro atoms. The maximum atomic E-state index is 12.4. The van der Waals surface area contributed by atoms with Gasteiger partial charge in [-0.25, -0.2) is 4.98 Å². The number of carbonyl (C=O) groups is 1. The smallest absolute Gasteiger partial charge is 0.252 e. The van der Waals surface area contributed by atoms with Gasteiger partial charge < -0.3 is 4.98 Å². The van der Waals surface area contributed by atoms with Gasteiger partial charge in [-0.3, -0.25) is 14.9 Å². The summed E-state index contributed by atoms with van der Waals surface area (Å²) >= 11 is 2.54. The third-order valence-corrected chi connectivity index (χ3v) is 5.74. The second kappa shape index (κ2) is 8.45. The number of amides is 1. The molecule has 140 valence electrons. The van der Waals surface area contributed by atoms with E-state index in [1.165, 1.54) is 29.2 Å². The number of aromatic nitrogens is 4. The number of nitrogens with one attached hydrogen (secondary N) is 2. The Morgan fingerprint density at radius 3 is 2.59 bits per heavy atom. The van der Waals surface area contributed by atoms with Crippen LogP contribution < -0.4 is 10.9 Å². The number of H-pyrrole nitrogens is 1. The first-order valence-electron chi connectivity index (χ1n) is 8.40. The molecule has 2 aromatic heterocycles. The second-order valence-electron chi connectivity index (χ2n) is 6.15. The monoisotopic (exact) mass is 401 g/mol. The lowest BCUT2D eigenvalue weighted by atomic mass is 10.1. The van der Waals surface area contributed by atoms with Crippen LogP contribution >= 0.6 is 23.1 Å². The predicted molar refractivity (Wildman–Crippen MR) is 108 cm³/mol. The Labute approximate surface area is 164 Å². The first-order chi connectivity index (χ1) is 12.9. The summed E-state index contributed by atoms with van der Waals surface area (Å²) in [5, 5.41) is 12.1. The zero-order valence-electron chi connectivity index (χ0n) is 15.1. The molecule has 3 aromatic rings. The van der Waals surface area contributed by atoms with E-state index in [4.69, 9.17) is 0 Å². The fraction of sp³-hybridized carbons (Fsp3) is 0.278. The van der Waals surface area contributed by atoms with Crippen LogP contribution in [0.2, 0.25) is 0 Å². The highest BCUT2D eigenvalue weighted by atomic mass is 32.2. The molecule has 0 aliphatic rings. The molecule has 0 unspecified atom stereocenters. The van der Waals surface area contributed by atoms with Crippen molar-refractivity contribution in [2.45, 2.75) is 37.1 Å². The van der Waals surface area contributed by atoms with Crippen molar-refractivity contribution in [3.63, 3.8) is 0 Å². The number of benzene rings is 1. The van der Waals surface area contributed by atoms with Gasteiger partial charge in [-0.05, 0) is 6.92 Å². The number of carbonyl (C=O) groups excluding carboxylic acids is 1. The maximum absolute atomic E-state index is 12.4. The normalized spacial score (nSPS) is 12.1. The van der Waals surface area contributed by atoms with Crippen LogP contribution in [0.5, 0.6) is 0 Å². The van der Waals surface area contributed by atoms with E-state index in [9.17, 15) is 9.59 Å². The molecule has 9 heteroatoms. The summed E-state index contributed by atoms with van der Waals surface area (Å²) < 4.78 is 0. The van der Waals surface area contributed by atoms with Crippen molar-refractivity contribution >= 4 is 34.1 Å². The Hall–Kier alpha value is -2.52. The summed E-state index contributed by atoms with van der Waals surface area (Å²) in [6.07, 6.45) is 0. The summed E-state index contributed by atoms with van der Waals surface area (Å²) in [6.45, 7) is 5.79. The largest absolute Gasteiger partial charge is 0.301 e. The van der Waals surface area contributed by atoms with E-state index in [-0.39, 0.29) is 17.4 Å². The van der Waals surface area contributed by atoms with Crippen LogP contribution in [0.4, 0.5) is 5.13 Å². The summed E-state index contributed by atoms with van der Waals surface area (Å²) in [4.78, 5) is 31.5. The van der Waals surface area contributed by atoms with Crippen LogP contribution in [0.3, 0.4) is 0 Å². The van der Waals surface area contributed by atoms with Gasteiger partial charge in [-0.15, -0.1) is 10.2 Å². The average Bonchev–Trinajstić information content (AvgIpc) is 3.10. The molecule has 2 N–H and O–H groups in total. The van der Waals surface area contributed by atoms with Crippen molar-refractivity contribution in [1.29, 1.82) is 0 Å². The first-order valence-corrected chi connectivity index (χ1v) is 10.1. The third-order valence-electron chi connectivity index (χ3n) is 3.61. The fourth-order valence-corrected chi connectivity index (χ4v) is 3.75. The molecule has 1 aromatic carbocycles. The number of aromatic amines is 1. The molecule has 3 rings (SSSR count). The van der Waals surface area contributed by atoms with Gasteiger partial charge in [0.2, 0.25) is 11.0 Å². The van der Waals surface area contributed by atoms with Crippen LogP contribution in [-0.4, -0.2) is 31.3 Å². The summed E-state index contributed by atoms with van der Waals surface area (Å²) in [6, 6.07) is 10.9. The van der Waals surface area contributed by atoms with Crippen LogP contribution in [0.15, 0.2) is 46.3 Å². The average molecular weight is 402 g/mol. The molecule has 7 nitrogen and oxygen atoms in total. The van der Waals surface area contributed by atoms with Crippen molar-refractivity contribution in [2.75, 3.05) is 5.32 Å². The van der Waals surface area contributed by atoms with Gasteiger partial charge in [0.25, 0.3) is 5.56 Å². The maximum Gasteiger partial charge on any atom is 0.252 e. The van der Waals surface area contributed by atoms with Crippen LogP contribution in [0, 0.1) is 0 Å². The van der Waals surface area contributed by atoms with Crippen LogP contribution in [-0.2, 0) is 4.79 Å². The zero-order valence-corrected chi connectivity index (χ0v) is 16.7. The summed E-state index contributed by atoms with van der Waals surface area (Å²) in [5.41, 5.74) is 1.16. The van der Waals surface area contributed by atoms with Gasteiger partial charge in [0, 0.05) is 17.5 Å². The molecule has 1 atom stereocenters. The van der Waals surface area contributed by atoms with Gasteiger partial charge in [-0.2, -0.15) is 0 Å². The van der Waals surface area contributed by atoms with Gasteiger partial charge in [0.15, 0.2) is 5.16 Å². The Kier molecular flexibility index (Phi) is 6.02. The van der Waals surface area contributed by atoms with E-state index in [2.05, 4.69) is 25.5 Å². The topological polar surface area (TPSA) is 101 Å². The molecule has 0 radical (unpaired) electrons. The molecule has 0 saturated carbocycles. The number of hydrogen-bond acceptors (Lipinski definition) is 7. The van der Waals surface area contributed by atoms with Crippen molar-refractivity contribution in [3.05, 3.63) is 51.8 Å². The highest BCUT2D eigenvalue weighted by Crippen LogP contribution is 2.25. The third kappa shape index (κ3) is 5.01. The zero-order chi connectivity index (χ0) is 19.4. The van der Waals surface area contributed by atoms with Crippen molar-refractivity contribution in [3.8, 4) is 11.3 Å². The Morgan fingerprint density at radius 1 is 1.19 bits per heavy atom. The highest BCUT2D eigenvalue weighted by Gasteiger charge is 2.19. The molecule has 27 heavy (non-hydrogen) atoms. The van der Waals surface area contributed by atoms with E-state index >= 15 is 0 Å². The van der Waals surface area contributed by atoms with E-state index < -0.39 is 5.25 Å². The van der Waals surface area contributed by atoms with Crippen LogP contribution in [0.25, 0.3) is 11.3 Å². The molecule has 0 bridgehead atoms. The number of thioether (sulfide) groups is 1. The van der Waals surface area contributed by atoms with Gasteiger partial charge in [-0.1, -0.05) is 67.3 Å². The highest BCUT2D eigenvalue weighted by molar-refractivity contribution is 8.00. The first kappa shape index (κ1) is 19.2. The molecule has 0 aliphatic heterocycles. The Morgan fingerprint density at radius 2 is 1.93 bits per heavy atom. The molecule has 0 saturated heterocycles. The predicted octanol–water partition coefficient (Wildman–Crippen LogP) is 3.53. The van der Waals surface area contributed by atoms with Crippen molar-refractivity contribution < 1.29 is 4.79 Å². The lowest BCUT2D eigenvalue weighted by molar-refractivity contribution is -0.115. The minimum absolute atomic E-state index is 0.223. The summed E-state index contributed by atoms with van der Waals surface area (Å²) in [7, 11) is 0. The summed E-state index contributed by atoms with van der Waals surface area (Å²) in [5.74, 6) is 0.0363. The minimum atomic E-state index is -0.467. The van der Waals surface area contributed by atoms with Crippen LogP contribution in [0.1, 0.15) is 31.7 Å².